The van der Waals surface area contributed by atoms with E-state index in [1.165, 1.54) is 6.20 Å². The van der Waals surface area contributed by atoms with Gasteiger partial charge in [0.2, 0.25) is 10.0 Å². The molecule has 0 aliphatic carbocycles. The van der Waals surface area contributed by atoms with E-state index in [4.69, 9.17) is 5.14 Å². The lowest BCUT2D eigenvalue weighted by atomic mass is 10.1. The Morgan fingerprint density at radius 1 is 1.50 bits per heavy atom. The Morgan fingerprint density at radius 2 is 2.31 bits per heavy atom. The number of piperidine rings is 1. The van der Waals surface area contributed by atoms with E-state index in [0.717, 1.165) is 12.8 Å². The molecule has 0 amide bonds. The normalized spacial score (nSPS) is 22.1. The van der Waals surface area contributed by atoms with Gasteiger partial charge in [-0.15, -0.1) is 0 Å². The van der Waals surface area contributed by atoms with Crippen LogP contribution >= 0.6 is 0 Å². The van der Waals surface area contributed by atoms with Crippen LogP contribution in [0.1, 0.15) is 19.3 Å². The number of aromatic nitrogens is 2. The molecule has 2 rings (SSSR count). The molecule has 1 aliphatic heterocycles. The average Bonchev–Trinajstić information content (AvgIpc) is 2.29. The van der Waals surface area contributed by atoms with E-state index < -0.39 is 15.4 Å². The molecule has 2 heterocycles. The lowest BCUT2D eigenvalue weighted by Crippen LogP contribution is -2.47. The van der Waals surface area contributed by atoms with Crippen molar-refractivity contribution in [3.05, 3.63) is 18.6 Å². The summed E-state index contributed by atoms with van der Waals surface area (Å²) in [5, 5.41) is 4.54. The highest BCUT2D eigenvalue weighted by atomic mass is 32.2. The number of primary sulfonamides is 1. The average molecular weight is 241 g/mol. The van der Waals surface area contributed by atoms with E-state index in [-0.39, 0.29) is 0 Å². The van der Waals surface area contributed by atoms with Gasteiger partial charge in [0.05, 0.1) is 0 Å². The van der Waals surface area contributed by atoms with Crippen molar-refractivity contribution in [3.8, 4) is 0 Å². The summed E-state index contributed by atoms with van der Waals surface area (Å²) in [5.74, 6) is 0.564. The third-order valence-corrected chi connectivity index (χ3v) is 3.89. The lowest BCUT2D eigenvalue weighted by molar-refractivity contribution is 0.505. The molecule has 1 radical (unpaired) electrons. The molecule has 1 fully saturated rings. The van der Waals surface area contributed by atoms with Gasteiger partial charge in [0.15, 0.2) is 6.33 Å². The van der Waals surface area contributed by atoms with Crippen LogP contribution in [0.2, 0.25) is 0 Å². The molecule has 1 unspecified atom stereocenters. The third-order valence-electron chi connectivity index (χ3n) is 2.64. The Morgan fingerprint density at radius 3 is 2.94 bits per heavy atom. The van der Waals surface area contributed by atoms with Crippen molar-refractivity contribution in [2.45, 2.75) is 24.6 Å². The van der Waals surface area contributed by atoms with Crippen molar-refractivity contribution in [3.63, 3.8) is 0 Å². The summed E-state index contributed by atoms with van der Waals surface area (Å²) in [6.45, 7) is 0.645. The summed E-state index contributed by atoms with van der Waals surface area (Å²) in [7, 11) is -3.57. The Bertz CT molecular complexity index is 448. The molecule has 0 spiro atoms. The molecule has 0 aromatic carbocycles. The topological polar surface area (TPSA) is 89.2 Å². The van der Waals surface area contributed by atoms with Gasteiger partial charge >= 0.3 is 0 Å². The number of hydrogen-bond acceptors (Lipinski definition) is 5. The molecular weight excluding hydrogens is 228 g/mol. The molecule has 1 aromatic heterocycles. The predicted molar refractivity (Wildman–Crippen MR) is 59.0 cm³/mol. The van der Waals surface area contributed by atoms with Crippen molar-refractivity contribution in [1.82, 2.24) is 9.97 Å². The first-order valence-corrected chi connectivity index (χ1v) is 6.67. The van der Waals surface area contributed by atoms with E-state index >= 15 is 0 Å². The summed E-state index contributed by atoms with van der Waals surface area (Å²) < 4.78 is 22.9. The fourth-order valence-corrected chi connectivity index (χ4v) is 2.98. The molecule has 16 heavy (non-hydrogen) atoms. The van der Waals surface area contributed by atoms with Gasteiger partial charge in [-0.3, -0.25) is 0 Å². The van der Waals surface area contributed by atoms with Gasteiger partial charge < -0.3 is 4.90 Å². The van der Waals surface area contributed by atoms with Crippen molar-refractivity contribution < 1.29 is 8.42 Å². The summed E-state index contributed by atoms with van der Waals surface area (Å²) in [6.07, 6.45) is 6.34. The Kier molecular flexibility index (Phi) is 3.06. The van der Waals surface area contributed by atoms with Gasteiger partial charge in [-0.2, -0.15) is 0 Å². The fraction of sp³-hybridized carbons (Fsp3) is 0.556. The van der Waals surface area contributed by atoms with Crippen molar-refractivity contribution in [2.75, 3.05) is 11.4 Å². The molecule has 1 aliphatic rings. The zero-order valence-electron chi connectivity index (χ0n) is 8.70. The molecule has 6 nitrogen and oxygen atoms in total. The zero-order chi connectivity index (χ0) is 11.6. The van der Waals surface area contributed by atoms with Crippen LogP contribution in [0.15, 0.2) is 12.3 Å². The molecule has 1 aromatic rings. The van der Waals surface area contributed by atoms with E-state index in [0.29, 0.717) is 18.8 Å². The molecule has 1 saturated heterocycles. The minimum Gasteiger partial charge on any atom is -0.338 e. The monoisotopic (exact) mass is 241 g/mol. The van der Waals surface area contributed by atoms with E-state index in [2.05, 4.69) is 16.3 Å². The van der Waals surface area contributed by atoms with E-state index in [1.807, 2.05) is 0 Å². The second-order valence-corrected chi connectivity index (χ2v) is 5.47. The standard InChI is InChI=1S/C9H13N4O2S/c10-16(14,15)9-3-1-2-6-13(9)8-4-5-11-7-12-8/h4-5,9H,1-3,6H2,(H2,10,14,15). The summed E-state index contributed by atoms with van der Waals surface area (Å²) in [4.78, 5) is 9.33. The highest BCUT2D eigenvalue weighted by molar-refractivity contribution is 7.89. The maximum absolute atomic E-state index is 11.5. The number of nitrogens with zero attached hydrogens (tertiary/aromatic N) is 3. The largest absolute Gasteiger partial charge is 0.338 e. The first-order valence-electron chi connectivity index (χ1n) is 5.06. The maximum Gasteiger partial charge on any atom is 0.230 e. The van der Waals surface area contributed by atoms with Gasteiger partial charge in [-0.05, 0) is 25.3 Å². The first kappa shape index (κ1) is 11.3. The Hall–Kier alpha value is -1.21. The van der Waals surface area contributed by atoms with Crippen molar-refractivity contribution in [2.24, 2.45) is 5.14 Å². The van der Waals surface area contributed by atoms with Crippen LogP contribution in [0.5, 0.6) is 0 Å². The third kappa shape index (κ3) is 2.30. The predicted octanol–water partition coefficient (Wildman–Crippen LogP) is -0.118. The second kappa shape index (κ2) is 4.34. The SMILES string of the molecule is NS(=O)(=O)C1CCCCN1c1ccn[c]n1. The Balaban J connectivity index is 2.31. The van der Waals surface area contributed by atoms with Crippen LogP contribution in [0.3, 0.4) is 0 Å². The molecule has 2 N–H and O–H groups in total. The number of nitrogens with two attached hydrogens (primary N) is 1. The number of sulfonamides is 1. The maximum atomic E-state index is 11.5. The van der Waals surface area contributed by atoms with Crippen LogP contribution in [-0.2, 0) is 10.0 Å². The zero-order valence-corrected chi connectivity index (χ0v) is 9.52. The molecular formula is C9H13N4O2S. The van der Waals surface area contributed by atoms with Gasteiger partial charge in [0.25, 0.3) is 0 Å². The van der Waals surface area contributed by atoms with Crippen LogP contribution in [0, 0.1) is 6.33 Å². The number of rotatable bonds is 2. The second-order valence-electron chi connectivity index (χ2n) is 3.75. The van der Waals surface area contributed by atoms with E-state index in [1.54, 1.807) is 11.0 Å². The summed E-state index contributed by atoms with van der Waals surface area (Å²) in [6, 6.07) is 1.67. The van der Waals surface area contributed by atoms with Crippen LogP contribution < -0.4 is 10.0 Å². The van der Waals surface area contributed by atoms with Gasteiger partial charge in [-0.1, -0.05) is 0 Å². The van der Waals surface area contributed by atoms with Crippen molar-refractivity contribution in [1.29, 1.82) is 0 Å². The van der Waals surface area contributed by atoms with Gasteiger partial charge in [0, 0.05) is 12.7 Å². The van der Waals surface area contributed by atoms with Gasteiger partial charge in [0.1, 0.15) is 11.2 Å². The van der Waals surface area contributed by atoms with Crippen LogP contribution in [-0.4, -0.2) is 30.3 Å². The molecule has 0 saturated carbocycles. The lowest BCUT2D eigenvalue weighted by Gasteiger charge is -2.34. The van der Waals surface area contributed by atoms with Gasteiger partial charge in [-0.25, -0.2) is 23.5 Å². The molecule has 87 valence electrons. The highest BCUT2D eigenvalue weighted by Crippen LogP contribution is 2.24. The minimum atomic E-state index is -3.57. The quantitative estimate of drug-likeness (QED) is 0.779. The molecule has 0 bridgehead atoms. The smallest absolute Gasteiger partial charge is 0.230 e. The molecule has 7 heteroatoms. The number of anilines is 1. The summed E-state index contributed by atoms with van der Waals surface area (Å²) in [5.41, 5.74) is 0. The number of hydrogen-bond donors (Lipinski definition) is 1. The van der Waals surface area contributed by atoms with Crippen LogP contribution in [0.25, 0.3) is 0 Å². The molecule has 1 atom stereocenters. The summed E-state index contributed by atoms with van der Waals surface area (Å²) >= 11 is 0. The fourth-order valence-electron chi connectivity index (χ4n) is 1.92. The van der Waals surface area contributed by atoms with E-state index in [9.17, 15) is 8.42 Å². The van der Waals surface area contributed by atoms with Crippen molar-refractivity contribution >= 4 is 15.8 Å². The highest BCUT2D eigenvalue weighted by Gasteiger charge is 2.31. The minimum absolute atomic E-state index is 0.544. The van der Waals surface area contributed by atoms with Crippen LogP contribution in [0.4, 0.5) is 5.82 Å². The Labute approximate surface area is 94.6 Å². The first-order chi connectivity index (χ1) is 7.59.